The molecule has 0 saturated heterocycles. The topological polar surface area (TPSA) is 37.8 Å². The quantitative estimate of drug-likeness (QED) is 0.900. The molecule has 0 saturated carbocycles. The summed E-state index contributed by atoms with van der Waals surface area (Å²) in [5.41, 5.74) is 2.48. The Balaban J connectivity index is 2.26. The molecule has 1 heterocycles. The van der Waals surface area contributed by atoms with Crippen LogP contribution in [0.1, 0.15) is 19.4 Å². The fourth-order valence-corrected chi connectivity index (χ4v) is 1.65. The molecule has 0 radical (unpaired) electrons. The fraction of sp³-hybridized carbons (Fsp3) is 0.286. The first-order chi connectivity index (χ1) is 8.66. The molecule has 1 aromatic carbocycles. The van der Waals surface area contributed by atoms with Gasteiger partial charge in [-0.3, -0.25) is 0 Å². The Kier molecular flexibility index (Phi) is 3.99. The number of hydrogen-bond acceptors (Lipinski definition) is 3. The molecule has 0 atom stereocenters. The average molecular weight is 245 g/mol. The zero-order valence-corrected chi connectivity index (χ0v) is 10.5. The molecular weight excluding hydrogens is 229 g/mol. The molecule has 2 rings (SSSR count). The Bertz CT molecular complexity index is 512. The second-order valence-electron chi connectivity index (χ2n) is 4.47. The van der Waals surface area contributed by atoms with Crippen LogP contribution < -0.4 is 5.32 Å². The van der Waals surface area contributed by atoms with Crippen LogP contribution in [-0.2, 0) is 6.54 Å². The van der Waals surface area contributed by atoms with Gasteiger partial charge in [-0.15, -0.1) is 0 Å². The van der Waals surface area contributed by atoms with Gasteiger partial charge in [-0.05, 0) is 17.7 Å². The molecule has 1 aromatic heterocycles. The van der Waals surface area contributed by atoms with Crippen molar-refractivity contribution in [3.8, 4) is 11.1 Å². The highest BCUT2D eigenvalue weighted by Crippen LogP contribution is 2.20. The summed E-state index contributed by atoms with van der Waals surface area (Å²) < 4.78 is 13.7. The standard InChI is InChI=1S/C14H16FN3/c1-10(2)18-8-12-5-11(3-4-14(12)15)13-6-16-9-17-7-13/h3-7,9-10,18H,8H2,1-2H3. The van der Waals surface area contributed by atoms with Crippen molar-refractivity contribution < 1.29 is 4.39 Å². The molecule has 94 valence electrons. The fourth-order valence-electron chi connectivity index (χ4n) is 1.65. The van der Waals surface area contributed by atoms with E-state index in [0.717, 1.165) is 11.1 Å². The smallest absolute Gasteiger partial charge is 0.127 e. The van der Waals surface area contributed by atoms with Gasteiger partial charge in [0.2, 0.25) is 0 Å². The highest BCUT2D eigenvalue weighted by Gasteiger charge is 2.06. The van der Waals surface area contributed by atoms with Crippen LogP contribution >= 0.6 is 0 Å². The van der Waals surface area contributed by atoms with Gasteiger partial charge < -0.3 is 5.32 Å². The second kappa shape index (κ2) is 5.69. The van der Waals surface area contributed by atoms with Gasteiger partial charge in [0, 0.05) is 36.1 Å². The van der Waals surface area contributed by atoms with Crippen molar-refractivity contribution in [2.75, 3.05) is 0 Å². The first-order valence-electron chi connectivity index (χ1n) is 5.94. The molecule has 0 unspecified atom stereocenters. The molecule has 0 aliphatic carbocycles. The van der Waals surface area contributed by atoms with Crippen molar-refractivity contribution in [3.63, 3.8) is 0 Å². The van der Waals surface area contributed by atoms with Crippen molar-refractivity contribution in [2.45, 2.75) is 26.4 Å². The van der Waals surface area contributed by atoms with Crippen LogP contribution in [0.15, 0.2) is 36.9 Å². The van der Waals surface area contributed by atoms with Gasteiger partial charge >= 0.3 is 0 Å². The summed E-state index contributed by atoms with van der Waals surface area (Å²) in [6.45, 7) is 4.59. The van der Waals surface area contributed by atoms with E-state index >= 15 is 0 Å². The van der Waals surface area contributed by atoms with Crippen LogP contribution in [0.4, 0.5) is 4.39 Å². The monoisotopic (exact) mass is 245 g/mol. The molecule has 0 aliphatic heterocycles. The molecule has 0 spiro atoms. The second-order valence-corrected chi connectivity index (χ2v) is 4.47. The highest BCUT2D eigenvalue weighted by molar-refractivity contribution is 5.62. The van der Waals surface area contributed by atoms with Gasteiger partial charge in [-0.2, -0.15) is 0 Å². The minimum atomic E-state index is -0.191. The van der Waals surface area contributed by atoms with E-state index in [1.807, 2.05) is 19.9 Å². The number of aromatic nitrogens is 2. The molecule has 0 amide bonds. The first kappa shape index (κ1) is 12.6. The maximum Gasteiger partial charge on any atom is 0.127 e. The van der Waals surface area contributed by atoms with E-state index in [9.17, 15) is 4.39 Å². The molecule has 3 nitrogen and oxygen atoms in total. The van der Waals surface area contributed by atoms with E-state index in [-0.39, 0.29) is 5.82 Å². The van der Waals surface area contributed by atoms with Gasteiger partial charge in [0.15, 0.2) is 0 Å². The normalized spacial score (nSPS) is 10.9. The van der Waals surface area contributed by atoms with E-state index in [1.165, 1.54) is 12.4 Å². The van der Waals surface area contributed by atoms with Gasteiger partial charge in [-0.1, -0.05) is 19.9 Å². The zero-order valence-electron chi connectivity index (χ0n) is 10.5. The number of nitrogens with zero attached hydrogens (tertiary/aromatic N) is 2. The number of halogens is 1. The van der Waals surface area contributed by atoms with E-state index < -0.39 is 0 Å². The number of hydrogen-bond donors (Lipinski definition) is 1. The summed E-state index contributed by atoms with van der Waals surface area (Å²) in [7, 11) is 0. The first-order valence-corrected chi connectivity index (χ1v) is 5.94. The Morgan fingerprint density at radius 1 is 1.17 bits per heavy atom. The largest absolute Gasteiger partial charge is 0.310 e. The van der Waals surface area contributed by atoms with E-state index in [0.29, 0.717) is 18.2 Å². The van der Waals surface area contributed by atoms with Crippen molar-refractivity contribution in [2.24, 2.45) is 0 Å². The van der Waals surface area contributed by atoms with E-state index in [1.54, 1.807) is 18.5 Å². The lowest BCUT2D eigenvalue weighted by Gasteiger charge is -2.10. The van der Waals surface area contributed by atoms with Crippen LogP contribution in [0.5, 0.6) is 0 Å². The maximum absolute atomic E-state index is 13.7. The molecule has 2 aromatic rings. The van der Waals surface area contributed by atoms with E-state index in [4.69, 9.17) is 0 Å². The zero-order chi connectivity index (χ0) is 13.0. The summed E-state index contributed by atoms with van der Waals surface area (Å²) in [5, 5.41) is 3.21. The molecule has 0 fully saturated rings. The van der Waals surface area contributed by atoms with Gasteiger partial charge in [0.1, 0.15) is 12.1 Å². The van der Waals surface area contributed by atoms with Crippen molar-refractivity contribution in [1.82, 2.24) is 15.3 Å². The number of nitrogens with one attached hydrogen (secondary N) is 1. The summed E-state index contributed by atoms with van der Waals surface area (Å²) in [6.07, 6.45) is 4.92. The Labute approximate surface area is 106 Å². The predicted octanol–water partition coefficient (Wildman–Crippen LogP) is 2.78. The van der Waals surface area contributed by atoms with Crippen molar-refractivity contribution in [1.29, 1.82) is 0 Å². The van der Waals surface area contributed by atoms with E-state index in [2.05, 4.69) is 15.3 Å². The van der Waals surface area contributed by atoms with Crippen LogP contribution in [0.25, 0.3) is 11.1 Å². The predicted molar refractivity (Wildman–Crippen MR) is 69.4 cm³/mol. The summed E-state index contributed by atoms with van der Waals surface area (Å²) in [4.78, 5) is 7.93. The molecule has 0 aliphatic rings. The average Bonchev–Trinajstić information content (AvgIpc) is 2.38. The lowest BCUT2D eigenvalue weighted by molar-refractivity contribution is 0.553. The number of benzene rings is 1. The highest BCUT2D eigenvalue weighted by atomic mass is 19.1. The minimum Gasteiger partial charge on any atom is -0.310 e. The van der Waals surface area contributed by atoms with Gasteiger partial charge in [0.25, 0.3) is 0 Å². The SMILES string of the molecule is CC(C)NCc1cc(-c2cncnc2)ccc1F. The summed E-state index contributed by atoms with van der Waals surface area (Å²) >= 11 is 0. The molecule has 18 heavy (non-hydrogen) atoms. The van der Waals surface area contributed by atoms with Crippen molar-refractivity contribution >= 4 is 0 Å². The van der Waals surface area contributed by atoms with Crippen LogP contribution in [-0.4, -0.2) is 16.0 Å². The molecular formula is C14H16FN3. The third kappa shape index (κ3) is 3.11. The Hall–Kier alpha value is -1.81. The summed E-state index contributed by atoms with van der Waals surface area (Å²) in [5.74, 6) is -0.191. The van der Waals surface area contributed by atoms with Crippen LogP contribution in [0, 0.1) is 5.82 Å². The lowest BCUT2D eigenvalue weighted by atomic mass is 10.1. The Morgan fingerprint density at radius 3 is 2.56 bits per heavy atom. The molecule has 1 N–H and O–H groups in total. The minimum absolute atomic E-state index is 0.191. The Morgan fingerprint density at radius 2 is 1.89 bits per heavy atom. The molecule has 0 bridgehead atoms. The number of rotatable bonds is 4. The third-order valence-corrected chi connectivity index (χ3v) is 2.64. The third-order valence-electron chi connectivity index (χ3n) is 2.64. The van der Waals surface area contributed by atoms with Crippen LogP contribution in [0.3, 0.4) is 0 Å². The lowest BCUT2D eigenvalue weighted by Crippen LogP contribution is -2.22. The maximum atomic E-state index is 13.7. The van der Waals surface area contributed by atoms with Gasteiger partial charge in [0.05, 0.1) is 0 Å². The van der Waals surface area contributed by atoms with Crippen molar-refractivity contribution in [3.05, 3.63) is 48.3 Å². The molecule has 4 heteroatoms. The van der Waals surface area contributed by atoms with Gasteiger partial charge in [-0.25, -0.2) is 14.4 Å². The summed E-state index contributed by atoms with van der Waals surface area (Å²) in [6, 6.07) is 5.39. The van der Waals surface area contributed by atoms with Crippen LogP contribution in [0.2, 0.25) is 0 Å².